The van der Waals surface area contributed by atoms with E-state index in [4.69, 9.17) is 0 Å². The van der Waals surface area contributed by atoms with Gasteiger partial charge >= 0.3 is 0 Å². The van der Waals surface area contributed by atoms with Crippen LogP contribution in [0, 0.1) is 5.92 Å². The molecule has 0 saturated carbocycles. The van der Waals surface area contributed by atoms with Crippen molar-refractivity contribution in [2.45, 2.75) is 39.7 Å². The fourth-order valence-corrected chi connectivity index (χ4v) is 1.20. The smallest absolute Gasteiger partial charge is 0.237 e. The second-order valence-corrected chi connectivity index (χ2v) is 3.76. The fraction of sp³-hybridized carbons (Fsp3) is 0.900. The molecule has 0 bridgehead atoms. The van der Waals surface area contributed by atoms with Crippen LogP contribution in [0.25, 0.3) is 0 Å². The van der Waals surface area contributed by atoms with E-state index in [1.165, 1.54) is 0 Å². The molecule has 1 atom stereocenters. The SMILES string of the molecule is CCCNC(=O)[C@H](CC(C)C)NC.Cl. The third-order valence-electron chi connectivity index (χ3n) is 1.92. The van der Waals surface area contributed by atoms with Crippen LogP contribution >= 0.6 is 12.4 Å². The largest absolute Gasteiger partial charge is 0.355 e. The summed E-state index contributed by atoms with van der Waals surface area (Å²) in [6.45, 7) is 7.07. The Bertz CT molecular complexity index is 151. The van der Waals surface area contributed by atoms with E-state index in [1.807, 2.05) is 7.05 Å². The highest BCUT2D eigenvalue weighted by atomic mass is 35.5. The zero-order chi connectivity index (χ0) is 10.3. The predicted octanol–water partition coefficient (Wildman–Crippen LogP) is 1.57. The van der Waals surface area contributed by atoms with Gasteiger partial charge in [-0.3, -0.25) is 4.79 Å². The summed E-state index contributed by atoms with van der Waals surface area (Å²) in [6.07, 6.45) is 1.88. The summed E-state index contributed by atoms with van der Waals surface area (Å²) in [5.74, 6) is 0.669. The topological polar surface area (TPSA) is 41.1 Å². The van der Waals surface area contributed by atoms with Crippen LogP contribution in [-0.4, -0.2) is 25.5 Å². The molecule has 0 saturated heterocycles. The molecule has 0 aromatic rings. The number of hydrogen-bond acceptors (Lipinski definition) is 2. The first kappa shape index (κ1) is 16.2. The van der Waals surface area contributed by atoms with Crippen LogP contribution in [0.15, 0.2) is 0 Å². The summed E-state index contributed by atoms with van der Waals surface area (Å²) in [7, 11) is 1.83. The Morgan fingerprint density at radius 1 is 1.36 bits per heavy atom. The van der Waals surface area contributed by atoms with E-state index >= 15 is 0 Å². The standard InChI is InChI=1S/C10H22N2O.ClH/c1-5-6-12-10(13)9(11-4)7-8(2)3;/h8-9,11H,5-7H2,1-4H3,(H,12,13);1H/t9-;/m0./s1. The van der Waals surface area contributed by atoms with Crippen molar-refractivity contribution in [3.63, 3.8) is 0 Å². The third kappa shape index (κ3) is 7.15. The molecule has 0 aliphatic carbocycles. The molecule has 2 N–H and O–H groups in total. The van der Waals surface area contributed by atoms with Crippen LogP contribution in [-0.2, 0) is 4.79 Å². The van der Waals surface area contributed by atoms with Crippen molar-refractivity contribution in [3.05, 3.63) is 0 Å². The van der Waals surface area contributed by atoms with E-state index in [0.717, 1.165) is 19.4 Å². The predicted molar refractivity (Wildman–Crippen MR) is 62.9 cm³/mol. The van der Waals surface area contributed by atoms with Crippen molar-refractivity contribution in [2.24, 2.45) is 5.92 Å². The summed E-state index contributed by atoms with van der Waals surface area (Å²) in [4.78, 5) is 11.5. The first-order chi connectivity index (χ1) is 6.11. The Kier molecular flexibility index (Phi) is 10.7. The third-order valence-corrected chi connectivity index (χ3v) is 1.92. The first-order valence-electron chi connectivity index (χ1n) is 5.06. The molecule has 14 heavy (non-hydrogen) atoms. The van der Waals surface area contributed by atoms with Gasteiger partial charge in [-0.05, 0) is 25.8 Å². The van der Waals surface area contributed by atoms with Crippen LogP contribution < -0.4 is 10.6 Å². The highest BCUT2D eigenvalue weighted by molar-refractivity contribution is 5.85. The van der Waals surface area contributed by atoms with Crippen LogP contribution in [0.2, 0.25) is 0 Å². The zero-order valence-electron chi connectivity index (χ0n) is 9.59. The van der Waals surface area contributed by atoms with Gasteiger partial charge < -0.3 is 10.6 Å². The molecule has 0 aromatic carbocycles. The van der Waals surface area contributed by atoms with E-state index in [9.17, 15) is 4.79 Å². The van der Waals surface area contributed by atoms with Gasteiger partial charge in [0.15, 0.2) is 0 Å². The maximum Gasteiger partial charge on any atom is 0.237 e. The van der Waals surface area contributed by atoms with E-state index in [-0.39, 0.29) is 24.4 Å². The molecule has 3 nitrogen and oxygen atoms in total. The van der Waals surface area contributed by atoms with E-state index in [1.54, 1.807) is 0 Å². The van der Waals surface area contributed by atoms with E-state index in [2.05, 4.69) is 31.4 Å². The minimum Gasteiger partial charge on any atom is -0.355 e. The van der Waals surface area contributed by atoms with Crippen molar-refractivity contribution < 1.29 is 4.79 Å². The molecule has 0 spiro atoms. The molecule has 0 fully saturated rings. The Morgan fingerprint density at radius 2 is 1.93 bits per heavy atom. The van der Waals surface area contributed by atoms with Crippen molar-refractivity contribution in [2.75, 3.05) is 13.6 Å². The molecule has 0 unspecified atom stereocenters. The summed E-state index contributed by atoms with van der Waals surface area (Å²) in [5, 5.41) is 5.92. The van der Waals surface area contributed by atoms with E-state index < -0.39 is 0 Å². The Balaban J connectivity index is 0. The molecule has 0 heterocycles. The Hall–Kier alpha value is -0.280. The number of likely N-dealkylation sites (N-methyl/N-ethyl adjacent to an activating group) is 1. The minimum absolute atomic E-state index is 0. The van der Waals surface area contributed by atoms with Crippen molar-refractivity contribution in [3.8, 4) is 0 Å². The average molecular weight is 223 g/mol. The molecule has 0 aliphatic rings. The fourth-order valence-electron chi connectivity index (χ4n) is 1.20. The van der Waals surface area contributed by atoms with Crippen LogP contribution in [0.3, 0.4) is 0 Å². The molecule has 1 amide bonds. The number of carbonyl (C=O) groups is 1. The number of nitrogens with one attached hydrogen (secondary N) is 2. The lowest BCUT2D eigenvalue weighted by atomic mass is 10.0. The second kappa shape index (κ2) is 9.28. The Morgan fingerprint density at radius 3 is 2.29 bits per heavy atom. The number of rotatable bonds is 6. The second-order valence-electron chi connectivity index (χ2n) is 3.76. The summed E-state index contributed by atoms with van der Waals surface area (Å²) >= 11 is 0. The maximum atomic E-state index is 11.5. The number of hydrogen-bond donors (Lipinski definition) is 2. The summed E-state index contributed by atoms with van der Waals surface area (Å²) in [6, 6.07) is -0.0356. The van der Waals surface area contributed by atoms with Gasteiger partial charge in [0, 0.05) is 6.54 Å². The molecular formula is C10H23ClN2O. The lowest BCUT2D eigenvalue weighted by Gasteiger charge is -2.17. The average Bonchev–Trinajstić information content (AvgIpc) is 2.09. The Labute approximate surface area is 93.4 Å². The lowest BCUT2D eigenvalue weighted by Crippen LogP contribution is -2.43. The van der Waals surface area contributed by atoms with Crippen LogP contribution in [0.5, 0.6) is 0 Å². The maximum absolute atomic E-state index is 11.5. The molecule has 0 rings (SSSR count). The molecule has 0 radical (unpaired) electrons. The first-order valence-corrected chi connectivity index (χ1v) is 5.06. The quantitative estimate of drug-likeness (QED) is 0.717. The van der Waals surface area contributed by atoms with Gasteiger partial charge in [-0.1, -0.05) is 20.8 Å². The molecular weight excluding hydrogens is 200 g/mol. The van der Waals surface area contributed by atoms with Crippen LogP contribution in [0.4, 0.5) is 0 Å². The highest BCUT2D eigenvalue weighted by Crippen LogP contribution is 2.04. The summed E-state index contributed by atoms with van der Waals surface area (Å²) < 4.78 is 0. The van der Waals surface area contributed by atoms with Gasteiger partial charge in [-0.2, -0.15) is 0 Å². The number of carbonyl (C=O) groups excluding carboxylic acids is 1. The van der Waals surface area contributed by atoms with E-state index in [0.29, 0.717) is 5.92 Å². The summed E-state index contributed by atoms with van der Waals surface area (Å²) in [5.41, 5.74) is 0. The monoisotopic (exact) mass is 222 g/mol. The molecule has 86 valence electrons. The zero-order valence-corrected chi connectivity index (χ0v) is 10.4. The number of halogens is 1. The van der Waals surface area contributed by atoms with Crippen molar-refractivity contribution in [1.82, 2.24) is 10.6 Å². The van der Waals surface area contributed by atoms with Gasteiger partial charge in [-0.15, -0.1) is 12.4 Å². The van der Waals surface area contributed by atoms with Crippen molar-refractivity contribution >= 4 is 18.3 Å². The lowest BCUT2D eigenvalue weighted by molar-refractivity contribution is -0.123. The highest BCUT2D eigenvalue weighted by Gasteiger charge is 2.16. The normalized spacial score (nSPS) is 12.1. The van der Waals surface area contributed by atoms with Gasteiger partial charge in [0.05, 0.1) is 6.04 Å². The van der Waals surface area contributed by atoms with Gasteiger partial charge in [0.2, 0.25) is 5.91 Å². The minimum atomic E-state index is -0.0356. The van der Waals surface area contributed by atoms with Crippen LogP contribution in [0.1, 0.15) is 33.6 Å². The number of amides is 1. The van der Waals surface area contributed by atoms with Crippen molar-refractivity contribution in [1.29, 1.82) is 0 Å². The van der Waals surface area contributed by atoms with Gasteiger partial charge in [-0.25, -0.2) is 0 Å². The molecule has 4 heteroatoms. The molecule has 0 aliphatic heterocycles. The molecule has 0 aromatic heterocycles. The van der Waals surface area contributed by atoms with Gasteiger partial charge in [0.1, 0.15) is 0 Å². The van der Waals surface area contributed by atoms with Gasteiger partial charge in [0.25, 0.3) is 0 Å².